The molecule has 0 spiro atoms. The standard InChI is InChI=1S/C7H7Cl.HI/c1-6-3-2-4-7(8)5-6;/h2-5H,1H3;1H. The number of halogens is 2. The Hall–Kier alpha value is 0.240. The van der Waals surface area contributed by atoms with Gasteiger partial charge in [0.05, 0.1) is 0 Å². The summed E-state index contributed by atoms with van der Waals surface area (Å²) in [5.74, 6) is 0. The van der Waals surface area contributed by atoms with Gasteiger partial charge in [-0.2, -0.15) is 0 Å². The van der Waals surface area contributed by atoms with Crippen LogP contribution in [0.5, 0.6) is 0 Å². The molecule has 0 saturated carbocycles. The van der Waals surface area contributed by atoms with Crippen LogP contribution in [0.3, 0.4) is 0 Å². The SMILES string of the molecule is Cc1cccc(Cl)c1.I. The van der Waals surface area contributed by atoms with Crippen molar-refractivity contribution < 1.29 is 0 Å². The first-order chi connectivity index (χ1) is 3.79. The molecule has 0 nitrogen and oxygen atoms in total. The van der Waals surface area contributed by atoms with Crippen LogP contribution in [0.25, 0.3) is 0 Å². The Morgan fingerprint density at radius 1 is 1.33 bits per heavy atom. The van der Waals surface area contributed by atoms with Crippen LogP contribution in [0, 0.1) is 6.92 Å². The normalized spacial score (nSPS) is 8.22. The first-order valence-electron chi connectivity index (χ1n) is 2.51. The van der Waals surface area contributed by atoms with Crippen LogP contribution in [-0.2, 0) is 0 Å². The molecule has 0 saturated heterocycles. The zero-order chi connectivity index (χ0) is 5.98. The molecule has 0 aromatic heterocycles. The van der Waals surface area contributed by atoms with Gasteiger partial charge in [0.25, 0.3) is 0 Å². The third kappa shape index (κ3) is 3.06. The number of aryl methyl sites for hydroxylation is 1. The average molecular weight is 254 g/mol. The van der Waals surface area contributed by atoms with Crippen molar-refractivity contribution in [2.24, 2.45) is 0 Å². The van der Waals surface area contributed by atoms with Gasteiger partial charge in [0, 0.05) is 5.02 Å². The van der Waals surface area contributed by atoms with Gasteiger partial charge in [0.2, 0.25) is 0 Å². The van der Waals surface area contributed by atoms with E-state index in [4.69, 9.17) is 11.6 Å². The fourth-order valence-electron chi connectivity index (χ4n) is 0.606. The Labute approximate surface area is 77.2 Å². The minimum Gasteiger partial charge on any atom is -0.107 e. The van der Waals surface area contributed by atoms with Crippen molar-refractivity contribution >= 4 is 35.6 Å². The van der Waals surface area contributed by atoms with Crippen molar-refractivity contribution in [2.75, 3.05) is 0 Å². The van der Waals surface area contributed by atoms with Crippen molar-refractivity contribution in [1.82, 2.24) is 0 Å². The monoisotopic (exact) mass is 254 g/mol. The fraction of sp³-hybridized carbons (Fsp3) is 0.143. The van der Waals surface area contributed by atoms with Crippen molar-refractivity contribution in [1.29, 1.82) is 0 Å². The highest BCUT2D eigenvalue weighted by molar-refractivity contribution is 14.0. The molecule has 0 unspecified atom stereocenters. The summed E-state index contributed by atoms with van der Waals surface area (Å²) in [6, 6.07) is 7.76. The zero-order valence-corrected chi connectivity index (χ0v) is 8.18. The van der Waals surface area contributed by atoms with Crippen molar-refractivity contribution in [3.8, 4) is 0 Å². The molecule has 0 aliphatic rings. The van der Waals surface area contributed by atoms with Gasteiger partial charge in [-0.3, -0.25) is 0 Å². The summed E-state index contributed by atoms with van der Waals surface area (Å²) < 4.78 is 0. The lowest BCUT2D eigenvalue weighted by Gasteiger charge is -1.88. The summed E-state index contributed by atoms with van der Waals surface area (Å²) in [6.07, 6.45) is 0. The van der Waals surface area contributed by atoms with E-state index < -0.39 is 0 Å². The second kappa shape index (κ2) is 4.12. The highest BCUT2D eigenvalue weighted by atomic mass is 127. The molecule has 0 fully saturated rings. The molecule has 0 heterocycles. The molecule has 2 heteroatoms. The largest absolute Gasteiger partial charge is 0.107 e. The number of hydrogen-bond donors (Lipinski definition) is 0. The van der Waals surface area contributed by atoms with Crippen LogP contribution in [0.1, 0.15) is 5.56 Å². The molecular weight excluding hydrogens is 246 g/mol. The van der Waals surface area contributed by atoms with Gasteiger partial charge >= 0.3 is 0 Å². The maximum absolute atomic E-state index is 5.64. The van der Waals surface area contributed by atoms with Gasteiger partial charge in [-0.05, 0) is 24.6 Å². The minimum absolute atomic E-state index is 0. The maximum atomic E-state index is 5.64. The van der Waals surface area contributed by atoms with E-state index in [0.29, 0.717) is 0 Å². The second-order valence-electron chi connectivity index (χ2n) is 1.80. The van der Waals surface area contributed by atoms with E-state index in [-0.39, 0.29) is 24.0 Å². The van der Waals surface area contributed by atoms with Crippen LogP contribution in [0.4, 0.5) is 0 Å². The molecule has 1 rings (SSSR count). The molecule has 9 heavy (non-hydrogen) atoms. The van der Waals surface area contributed by atoms with Gasteiger partial charge in [-0.15, -0.1) is 24.0 Å². The third-order valence-electron chi connectivity index (χ3n) is 0.980. The fourth-order valence-corrected chi connectivity index (χ4v) is 0.850. The Bertz CT molecular complexity index is 169. The lowest BCUT2D eigenvalue weighted by Crippen LogP contribution is -1.66. The Morgan fingerprint density at radius 2 is 2.00 bits per heavy atom. The lowest BCUT2D eigenvalue weighted by molar-refractivity contribution is 1.47. The molecule has 0 radical (unpaired) electrons. The van der Waals surface area contributed by atoms with E-state index in [1.807, 2.05) is 31.2 Å². The van der Waals surface area contributed by atoms with E-state index in [0.717, 1.165) is 5.02 Å². The molecule has 0 aliphatic heterocycles. The Kier molecular flexibility index (Phi) is 4.23. The van der Waals surface area contributed by atoms with E-state index in [1.165, 1.54) is 5.56 Å². The minimum atomic E-state index is 0. The Morgan fingerprint density at radius 3 is 2.33 bits per heavy atom. The third-order valence-corrected chi connectivity index (χ3v) is 1.22. The zero-order valence-electron chi connectivity index (χ0n) is 5.10. The number of benzene rings is 1. The summed E-state index contributed by atoms with van der Waals surface area (Å²) in [6.45, 7) is 2.02. The first kappa shape index (κ1) is 9.24. The molecular formula is C7H8ClI. The van der Waals surface area contributed by atoms with E-state index >= 15 is 0 Å². The summed E-state index contributed by atoms with van der Waals surface area (Å²) in [5.41, 5.74) is 1.21. The van der Waals surface area contributed by atoms with Gasteiger partial charge in [-0.1, -0.05) is 23.7 Å². The van der Waals surface area contributed by atoms with Gasteiger partial charge in [-0.25, -0.2) is 0 Å². The highest BCUT2D eigenvalue weighted by Crippen LogP contribution is 2.08. The number of hydrogen-bond acceptors (Lipinski definition) is 0. The van der Waals surface area contributed by atoms with Crippen LogP contribution in [0.15, 0.2) is 24.3 Å². The summed E-state index contributed by atoms with van der Waals surface area (Å²) in [7, 11) is 0. The lowest BCUT2D eigenvalue weighted by atomic mass is 10.2. The van der Waals surface area contributed by atoms with Crippen molar-refractivity contribution in [2.45, 2.75) is 6.92 Å². The van der Waals surface area contributed by atoms with E-state index in [1.54, 1.807) is 0 Å². The van der Waals surface area contributed by atoms with E-state index in [2.05, 4.69) is 0 Å². The average Bonchev–Trinajstić information content (AvgIpc) is 1.64. The van der Waals surface area contributed by atoms with Crippen LogP contribution < -0.4 is 0 Å². The van der Waals surface area contributed by atoms with Gasteiger partial charge in [0.1, 0.15) is 0 Å². The quantitative estimate of drug-likeness (QED) is 0.623. The second-order valence-corrected chi connectivity index (χ2v) is 2.24. The smallest absolute Gasteiger partial charge is 0.0408 e. The van der Waals surface area contributed by atoms with Gasteiger partial charge < -0.3 is 0 Å². The van der Waals surface area contributed by atoms with Crippen molar-refractivity contribution in [3.05, 3.63) is 34.9 Å². The Balaban J connectivity index is 0.000000640. The molecule has 1 aromatic rings. The maximum Gasteiger partial charge on any atom is 0.0408 e. The molecule has 1 aromatic carbocycles. The molecule has 0 bridgehead atoms. The summed E-state index contributed by atoms with van der Waals surface area (Å²) in [5, 5.41) is 0.810. The first-order valence-corrected chi connectivity index (χ1v) is 2.89. The predicted molar refractivity (Wildman–Crippen MR) is 51.6 cm³/mol. The molecule has 50 valence electrons. The summed E-state index contributed by atoms with van der Waals surface area (Å²) >= 11 is 5.64. The van der Waals surface area contributed by atoms with Gasteiger partial charge in [0.15, 0.2) is 0 Å². The van der Waals surface area contributed by atoms with Crippen LogP contribution in [0.2, 0.25) is 5.02 Å². The van der Waals surface area contributed by atoms with E-state index in [9.17, 15) is 0 Å². The summed E-state index contributed by atoms with van der Waals surface area (Å²) in [4.78, 5) is 0. The molecule has 0 atom stereocenters. The van der Waals surface area contributed by atoms with Crippen LogP contribution >= 0.6 is 35.6 Å². The number of rotatable bonds is 0. The molecule has 0 N–H and O–H groups in total. The van der Waals surface area contributed by atoms with Crippen molar-refractivity contribution in [3.63, 3.8) is 0 Å². The molecule has 0 amide bonds. The molecule has 0 aliphatic carbocycles. The van der Waals surface area contributed by atoms with Crippen LogP contribution in [-0.4, -0.2) is 0 Å². The topological polar surface area (TPSA) is 0 Å². The predicted octanol–water partition coefficient (Wildman–Crippen LogP) is 3.27. The highest BCUT2D eigenvalue weighted by Gasteiger charge is 1.82.